The van der Waals surface area contributed by atoms with Gasteiger partial charge in [0, 0.05) is 25.2 Å². The first-order valence-electron chi connectivity index (χ1n) is 8.42. The quantitative estimate of drug-likeness (QED) is 0.926. The van der Waals surface area contributed by atoms with Crippen molar-refractivity contribution in [1.82, 2.24) is 20.4 Å². The average Bonchev–Trinajstić information content (AvgIpc) is 2.79. The standard InChI is InChI=1S/C17H26N4O/c1-11(2)21-9-12(3)16(10-21)19-17(22)15-7-14(8-18-20-15)13-5-4-6-13/h7-8,11-13,16H,4-6,9-10H2,1-3H3,(H,19,22). The number of hydrogen-bond donors (Lipinski definition) is 1. The van der Waals surface area contributed by atoms with Crippen LogP contribution in [0.25, 0.3) is 0 Å². The van der Waals surface area contributed by atoms with Crippen molar-refractivity contribution in [1.29, 1.82) is 0 Å². The van der Waals surface area contributed by atoms with E-state index in [4.69, 9.17) is 0 Å². The van der Waals surface area contributed by atoms with Crippen LogP contribution in [0.3, 0.4) is 0 Å². The highest BCUT2D eigenvalue weighted by Crippen LogP contribution is 2.35. The number of likely N-dealkylation sites (tertiary alicyclic amines) is 1. The van der Waals surface area contributed by atoms with E-state index in [9.17, 15) is 4.79 Å². The van der Waals surface area contributed by atoms with E-state index in [2.05, 4.69) is 41.2 Å². The number of nitrogens with one attached hydrogen (secondary N) is 1. The molecule has 2 aliphatic rings. The van der Waals surface area contributed by atoms with E-state index in [1.807, 2.05) is 6.07 Å². The molecule has 5 heteroatoms. The van der Waals surface area contributed by atoms with Crippen LogP contribution in [0.15, 0.2) is 12.3 Å². The van der Waals surface area contributed by atoms with Gasteiger partial charge in [-0.1, -0.05) is 13.3 Å². The van der Waals surface area contributed by atoms with E-state index in [1.54, 1.807) is 6.20 Å². The molecule has 0 radical (unpaired) electrons. The number of rotatable bonds is 4. The minimum atomic E-state index is -0.0869. The predicted molar refractivity (Wildman–Crippen MR) is 85.8 cm³/mol. The van der Waals surface area contributed by atoms with Gasteiger partial charge in [-0.25, -0.2) is 0 Å². The Morgan fingerprint density at radius 2 is 2.14 bits per heavy atom. The Labute approximate surface area is 132 Å². The van der Waals surface area contributed by atoms with Crippen LogP contribution in [0.2, 0.25) is 0 Å². The molecule has 2 fully saturated rings. The van der Waals surface area contributed by atoms with Gasteiger partial charge in [0.1, 0.15) is 0 Å². The summed E-state index contributed by atoms with van der Waals surface area (Å²) in [7, 11) is 0. The van der Waals surface area contributed by atoms with Gasteiger partial charge < -0.3 is 5.32 Å². The maximum atomic E-state index is 12.5. The largest absolute Gasteiger partial charge is 0.346 e. The zero-order chi connectivity index (χ0) is 15.7. The van der Waals surface area contributed by atoms with Gasteiger partial charge in [0.05, 0.1) is 6.20 Å². The third kappa shape index (κ3) is 3.14. The molecular formula is C17H26N4O. The van der Waals surface area contributed by atoms with Gasteiger partial charge in [-0.05, 0) is 50.2 Å². The highest BCUT2D eigenvalue weighted by atomic mass is 16.2. The Hall–Kier alpha value is -1.49. The van der Waals surface area contributed by atoms with Crippen molar-refractivity contribution < 1.29 is 4.79 Å². The molecule has 1 N–H and O–H groups in total. The number of carbonyl (C=O) groups is 1. The summed E-state index contributed by atoms with van der Waals surface area (Å²) in [5.74, 6) is 0.953. The minimum absolute atomic E-state index is 0.0869. The maximum absolute atomic E-state index is 12.5. The van der Waals surface area contributed by atoms with Crippen molar-refractivity contribution in [2.24, 2.45) is 5.92 Å². The average molecular weight is 302 g/mol. The number of aromatic nitrogens is 2. The molecule has 2 heterocycles. The van der Waals surface area contributed by atoms with Crippen LogP contribution in [0.4, 0.5) is 0 Å². The molecule has 2 unspecified atom stereocenters. The van der Waals surface area contributed by atoms with Crippen molar-refractivity contribution in [2.45, 2.75) is 58.0 Å². The van der Waals surface area contributed by atoms with Crippen LogP contribution in [-0.2, 0) is 0 Å². The Morgan fingerprint density at radius 1 is 1.36 bits per heavy atom. The van der Waals surface area contributed by atoms with Crippen LogP contribution in [0, 0.1) is 5.92 Å². The van der Waals surface area contributed by atoms with Gasteiger partial charge >= 0.3 is 0 Å². The van der Waals surface area contributed by atoms with Gasteiger partial charge in [-0.3, -0.25) is 9.69 Å². The van der Waals surface area contributed by atoms with Crippen molar-refractivity contribution in [3.8, 4) is 0 Å². The third-order valence-corrected chi connectivity index (χ3v) is 5.17. The Kier molecular flexibility index (Phi) is 4.43. The van der Waals surface area contributed by atoms with E-state index >= 15 is 0 Å². The molecule has 1 aliphatic heterocycles. The topological polar surface area (TPSA) is 58.1 Å². The molecule has 1 amide bonds. The summed E-state index contributed by atoms with van der Waals surface area (Å²) in [5.41, 5.74) is 1.62. The summed E-state index contributed by atoms with van der Waals surface area (Å²) < 4.78 is 0. The SMILES string of the molecule is CC1CN(C(C)C)CC1NC(=O)c1cc(C2CCC2)cnn1. The summed E-state index contributed by atoms with van der Waals surface area (Å²) in [6, 6.07) is 2.64. The summed E-state index contributed by atoms with van der Waals surface area (Å²) in [5, 5.41) is 11.2. The van der Waals surface area contributed by atoms with Gasteiger partial charge in [0.15, 0.2) is 5.69 Å². The lowest BCUT2D eigenvalue weighted by Gasteiger charge is -2.25. The predicted octanol–water partition coefficient (Wildman–Crippen LogP) is 2.20. The molecule has 120 valence electrons. The fourth-order valence-electron chi connectivity index (χ4n) is 3.31. The lowest BCUT2D eigenvalue weighted by Crippen LogP contribution is -2.41. The molecule has 3 rings (SSSR count). The fraction of sp³-hybridized carbons (Fsp3) is 0.706. The van der Waals surface area contributed by atoms with Crippen LogP contribution in [0.5, 0.6) is 0 Å². The number of hydrogen-bond acceptors (Lipinski definition) is 4. The molecule has 1 saturated heterocycles. The maximum Gasteiger partial charge on any atom is 0.272 e. The summed E-state index contributed by atoms with van der Waals surface area (Å²) in [6.07, 6.45) is 5.49. The van der Waals surface area contributed by atoms with Crippen molar-refractivity contribution >= 4 is 5.91 Å². The molecule has 0 spiro atoms. The molecule has 1 aromatic heterocycles. The molecular weight excluding hydrogens is 276 g/mol. The second kappa shape index (κ2) is 6.32. The zero-order valence-electron chi connectivity index (χ0n) is 13.7. The first-order valence-corrected chi connectivity index (χ1v) is 8.42. The fourth-order valence-corrected chi connectivity index (χ4v) is 3.31. The Morgan fingerprint density at radius 3 is 2.73 bits per heavy atom. The van der Waals surface area contributed by atoms with Gasteiger partial charge in [0.2, 0.25) is 0 Å². The number of nitrogens with zero attached hydrogens (tertiary/aromatic N) is 3. The highest BCUT2D eigenvalue weighted by Gasteiger charge is 2.32. The number of carbonyl (C=O) groups excluding carboxylic acids is 1. The molecule has 0 bridgehead atoms. The minimum Gasteiger partial charge on any atom is -0.346 e. The molecule has 1 aromatic rings. The Balaban J connectivity index is 1.64. The van der Waals surface area contributed by atoms with Crippen molar-refractivity contribution in [3.05, 3.63) is 23.5 Å². The van der Waals surface area contributed by atoms with Crippen LogP contribution < -0.4 is 5.32 Å². The normalized spacial score (nSPS) is 26.2. The second-order valence-electron chi connectivity index (χ2n) is 7.11. The van der Waals surface area contributed by atoms with E-state index in [0.29, 0.717) is 23.6 Å². The molecule has 1 saturated carbocycles. The molecule has 0 aromatic carbocycles. The van der Waals surface area contributed by atoms with Crippen LogP contribution in [0.1, 0.15) is 62.0 Å². The highest BCUT2D eigenvalue weighted by molar-refractivity contribution is 5.92. The van der Waals surface area contributed by atoms with Crippen molar-refractivity contribution in [2.75, 3.05) is 13.1 Å². The van der Waals surface area contributed by atoms with E-state index in [1.165, 1.54) is 19.3 Å². The first kappa shape index (κ1) is 15.4. The first-order chi connectivity index (χ1) is 10.5. The lowest BCUT2D eigenvalue weighted by molar-refractivity contribution is 0.0924. The van der Waals surface area contributed by atoms with E-state index in [0.717, 1.165) is 18.7 Å². The van der Waals surface area contributed by atoms with Gasteiger partial charge in [-0.2, -0.15) is 5.10 Å². The molecule has 5 nitrogen and oxygen atoms in total. The summed E-state index contributed by atoms with van der Waals surface area (Å²) in [4.78, 5) is 14.9. The summed E-state index contributed by atoms with van der Waals surface area (Å²) >= 11 is 0. The van der Waals surface area contributed by atoms with E-state index in [-0.39, 0.29) is 11.9 Å². The molecule has 1 aliphatic carbocycles. The van der Waals surface area contributed by atoms with Gasteiger partial charge in [0.25, 0.3) is 5.91 Å². The van der Waals surface area contributed by atoms with Crippen molar-refractivity contribution in [3.63, 3.8) is 0 Å². The monoisotopic (exact) mass is 302 g/mol. The Bertz CT molecular complexity index is 541. The third-order valence-electron chi connectivity index (χ3n) is 5.17. The lowest BCUT2D eigenvalue weighted by atomic mass is 9.81. The van der Waals surface area contributed by atoms with Crippen LogP contribution >= 0.6 is 0 Å². The van der Waals surface area contributed by atoms with E-state index < -0.39 is 0 Å². The number of amides is 1. The van der Waals surface area contributed by atoms with Gasteiger partial charge in [-0.15, -0.1) is 5.10 Å². The molecule has 2 atom stereocenters. The van der Waals surface area contributed by atoms with Crippen LogP contribution in [-0.4, -0.2) is 46.2 Å². The smallest absolute Gasteiger partial charge is 0.272 e. The summed E-state index contributed by atoms with van der Waals surface area (Å²) in [6.45, 7) is 8.55. The second-order valence-corrected chi connectivity index (χ2v) is 7.11. The molecule has 22 heavy (non-hydrogen) atoms. The zero-order valence-corrected chi connectivity index (χ0v) is 13.7.